The van der Waals surface area contributed by atoms with Crippen molar-refractivity contribution in [2.45, 2.75) is 46.5 Å². The molecule has 1 rings (SSSR count). The largest absolute Gasteiger partial charge is 0.354 e. The Hall–Kier alpha value is -0.830. The van der Waals surface area contributed by atoms with Crippen molar-refractivity contribution >= 4 is 17.5 Å². The van der Waals surface area contributed by atoms with Crippen LogP contribution in [0.2, 0.25) is 5.15 Å². The van der Waals surface area contributed by atoms with E-state index in [-0.39, 0.29) is 5.41 Å². The zero-order chi connectivity index (χ0) is 13.1. The van der Waals surface area contributed by atoms with E-state index in [0.29, 0.717) is 17.0 Å². The van der Waals surface area contributed by atoms with Crippen LogP contribution in [-0.4, -0.2) is 16.5 Å². The molecule has 0 saturated carbocycles. The van der Waals surface area contributed by atoms with Crippen molar-refractivity contribution in [2.75, 3.05) is 11.9 Å². The van der Waals surface area contributed by atoms with Gasteiger partial charge in [-0.3, -0.25) is 0 Å². The molecule has 3 nitrogen and oxygen atoms in total. The van der Waals surface area contributed by atoms with Gasteiger partial charge < -0.3 is 5.32 Å². The van der Waals surface area contributed by atoms with Gasteiger partial charge in [0.05, 0.1) is 5.69 Å². The lowest BCUT2D eigenvalue weighted by Gasteiger charge is -2.18. The van der Waals surface area contributed by atoms with E-state index in [4.69, 9.17) is 11.6 Å². The average Bonchev–Trinajstić information content (AvgIpc) is 2.14. The van der Waals surface area contributed by atoms with E-state index in [1.165, 1.54) is 0 Å². The van der Waals surface area contributed by atoms with E-state index in [1.807, 2.05) is 6.07 Å². The van der Waals surface area contributed by atoms with E-state index in [1.54, 1.807) is 0 Å². The van der Waals surface area contributed by atoms with Gasteiger partial charge >= 0.3 is 0 Å². The van der Waals surface area contributed by atoms with Crippen LogP contribution in [0, 0.1) is 5.92 Å². The van der Waals surface area contributed by atoms with Gasteiger partial charge in [0.1, 0.15) is 5.15 Å². The summed E-state index contributed by atoms with van der Waals surface area (Å²) < 4.78 is 0. The first kappa shape index (κ1) is 14.2. The molecular weight excluding hydrogens is 234 g/mol. The van der Waals surface area contributed by atoms with Gasteiger partial charge in [0.2, 0.25) is 5.95 Å². The summed E-state index contributed by atoms with van der Waals surface area (Å²) in [4.78, 5) is 8.68. The lowest BCUT2D eigenvalue weighted by atomic mass is 9.92. The highest BCUT2D eigenvalue weighted by Crippen LogP contribution is 2.23. The molecule has 1 heterocycles. The molecule has 0 bridgehead atoms. The summed E-state index contributed by atoms with van der Waals surface area (Å²) in [5.74, 6) is 1.30. The third kappa shape index (κ3) is 4.90. The molecule has 0 aliphatic rings. The molecule has 0 aliphatic heterocycles. The summed E-state index contributed by atoms with van der Waals surface area (Å²) in [6.45, 7) is 11.6. The molecule has 1 N–H and O–H groups in total. The molecular formula is C13H22ClN3. The Labute approximate surface area is 109 Å². The Balaban J connectivity index is 2.76. The van der Waals surface area contributed by atoms with Gasteiger partial charge in [-0.15, -0.1) is 0 Å². The number of nitrogens with one attached hydrogen (secondary N) is 1. The van der Waals surface area contributed by atoms with Crippen LogP contribution in [0.15, 0.2) is 6.07 Å². The van der Waals surface area contributed by atoms with E-state index >= 15 is 0 Å². The van der Waals surface area contributed by atoms with E-state index in [0.717, 1.165) is 18.7 Å². The molecule has 0 saturated heterocycles. The molecule has 1 aromatic heterocycles. The lowest BCUT2D eigenvalue weighted by molar-refractivity contribution is 0.566. The Bertz CT molecular complexity index is 369. The Morgan fingerprint density at radius 2 is 1.94 bits per heavy atom. The van der Waals surface area contributed by atoms with Gasteiger partial charge in [0.25, 0.3) is 0 Å². The van der Waals surface area contributed by atoms with Crippen molar-refractivity contribution in [1.29, 1.82) is 0 Å². The van der Waals surface area contributed by atoms with Crippen LogP contribution < -0.4 is 5.32 Å². The molecule has 0 atom stereocenters. The number of nitrogens with zero attached hydrogens (tertiary/aromatic N) is 2. The third-order valence-electron chi connectivity index (χ3n) is 2.47. The second-order valence-electron chi connectivity index (χ2n) is 5.76. The molecule has 0 unspecified atom stereocenters. The first-order valence-electron chi connectivity index (χ1n) is 6.08. The van der Waals surface area contributed by atoms with Gasteiger partial charge in [-0.05, 0) is 18.4 Å². The zero-order valence-corrected chi connectivity index (χ0v) is 12.1. The van der Waals surface area contributed by atoms with Crippen molar-refractivity contribution in [2.24, 2.45) is 5.92 Å². The number of hydrogen-bond acceptors (Lipinski definition) is 3. The van der Waals surface area contributed by atoms with Crippen LogP contribution in [-0.2, 0) is 5.41 Å². The molecule has 0 amide bonds. The molecule has 0 aliphatic carbocycles. The predicted molar refractivity (Wildman–Crippen MR) is 73.7 cm³/mol. The van der Waals surface area contributed by atoms with Crippen molar-refractivity contribution < 1.29 is 0 Å². The summed E-state index contributed by atoms with van der Waals surface area (Å²) >= 11 is 6.01. The van der Waals surface area contributed by atoms with Gasteiger partial charge in [-0.2, -0.15) is 0 Å². The number of aromatic nitrogens is 2. The monoisotopic (exact) mass is 255 g/mol. The molecule has 0 fully saturated rings. The van der Waals surface area contributed by atoms with Crippen molar-refractivity contribution in [3.05, 3.63) is 16.9 Å². The third-order valence-corrected chi connectivity index (χ3v) is 2.66. The molecule has 0 aromatic carbocycles. The fourth-order valence-electron chi connectivity index (χ4n) is 1.35. The van der Waals surface area contributed by atoms with Crippen LogP contribution in [0.1, 0.15) is 46.7 Å². The SMILES string of the molecule is CC(C)CCNc1nc(Cl)cc(C(C)(C)C)n1. The van der Waals surface area contributed by atoms with Crippen molar-refractivity contribution in [1.82, 2.24) is 9.97 Å². The molecule has 17 heavy (non-hydrogen) atoms. The first-order valence-corrected chi connectivity index (χ1v) is 6.46. The van der Waals surface area contributed by atoms with Crippen molar-refractivity contribution in [3.63, 3.8) is 0 Å². The lowest BCUT2D eigenvalue weighted by Crippen LogP contribution is -2.16. The Morgan fingerprint density at radius 3 is 2.47 bits per heavy atom. The highest BCUT2D eigenvalue weighted by atomic mass is 35.5. The first-order chi connectivity index (χ1) is 7.79. The fourth-order valence-corrected chi connectivity index (χ4v) is 1.54. The summed E-state index contributed by atoms with van der Waals surface area (Å²) in [6.07, 6.45) is 1.10. The van der Waals surface area contributed by atoms with Crippen LogP contribution in [0.4, 0.5) is 5.95 Å². The van der Waals surface area contributed by atoms with Gasteiger partial charge in [-0.1, -0.05) is 46.2 Å². The minimum Gasteiger partial charge on any atom is -0.354 e. The smallest absolute Gasteiger partial charge is 0.224 e. The standard InChI is InChI=1S/C13H22ClN3/c1-9(2)6-7-15-12-16-10(13(3,4)5)8-11(14)17-12/h8-9H,6-7H2,1-5H3,(H,15,16,17). The maximum atomic E-state index is 6.01. The second-order valence-corrected chi connectivity index (χ2v) is 6.15. The maximum absolute atomic E-state index is 6.01. The van der Waals surface area contributed by atoms with Gasteiger partial charge in [-0.25, -0.2) is 9.97 Å². The summed E-state index contributed by atoms with van der Waals surface area (Å²) in [5, 5.41) is 3.72. The van der Waals surface area contributed by atoms with E-state index < -0.39 is 0 Å². The highest BCUT2D eigenvalue weighted by Gasteiger charge is 2.17. The molecule has 96 valence electrons. The normalized spacial score (nSPS) is 11.9. The molecule has 0 spiro atoms. The molecule has 1 aromatic rings. The maximum Gasteiger partial charge on any atom is 0.224 e. The number of halogens is 1. The van der Waals surface area contributed by atoms with Gasteiger partial charge in [0.15, 0.2) is 0 Å². The highest BCUT2D eigenvalue weighted by molar-refractivity contribution is 6.29. The number of rotatable bonds is 4. The van der Waals surface area contributed by atoms with E-state index in [9.17, 15) is 0 Å². The van der Waals surface area contributed by atoms with Crippen LogP contribution in [0.5, 0.6) is 0 Å². The Morgan fingerprint density at radius 1 is 1.29 bits per heavy atom. The Kier molecular flexibility index (Phi) is 4.75. The number of hydrogen-bond donors (Lipinski definition) is 1. The topological polar surface area (TPSA) is 37.8 Å². The van der Waals surface area contributed by atoms with Crippen LogP contribution in [0.3, 0.4) is 0 Å². The van der Waals surface area contributed by atoms with Crippen molar-refractivity contribution in [3.8, 4) is 0 Å². The van der Waals surface area contributed by atoms with Crippen LogP contribution >= 0.6 is 11.6 Å². The zero-order valence-electron chi connectivity index (χ0n) is 11.3. The predicted octanol–water partition coefficient (Wildman–Crippen LogP) is 3.89. The fraction of sp³-hybridized carbons (Fsp3) is 0.692. The van der Waals surface area contributed by atoms with Gasteiger partial charge in [0, 0.05) is 12.0 Å². The minimum atomic E-state index is -0.0128. The van der Waals surface area contributed by atoms with Crippen LogP contribution in [0.25, 0.3) is 0 Å². The molecule has 4 heteroatoms. The summed E-state index contributed by atoms with van der Waals surface area (Å²) in [6, 6.07) is 1.83. The second kappa shape index (κ2) is 5.67. The summed E-state index contributed by atoms with van der Waals surface area (Å²) in [7, 11) is 0. The average molecular weight is 256 g/mol. The minimum absolute atomic E-state index is 0.0128. The van der Waals surface area contributed by atoms with E-state index in [2.05, 4.69) is 49.9 Å². The number of anilines is 1. The summed E-state index contributed by atoms with van der Waals surface area (Å²) in [5.41, 5.74) is 0.950. The molecule has 0 radical (unpaired) electrons. The quantitative estimate of drug-likeness (QED) is 0.830.